The number of carbonyl (C=O) groups excluding carboxylic acids is 2. The average molecular weight is 443 g/mol. The summed E-state index contributed by atoms with van der Waals surface area (Å²) in [6.45, 7) is 0. The Balaban J connectivity index is 1.63. The lowest BCUT2D eigenvalue weighted by molar-refractivity contribution is -0.117. The highest BCUT2D eigenvalue weighted by Crippen LogP contribution is 2.29. The van der Waals surface area contributed by atoms with Crippen LogP contribution in [0.1, 0.15) is 16.1 Å². The van der Waals surface area contributed by atoms with Crippen molar-refractivity contribution in [3.63, 3.8) is 0 Å². The minimum atomic E-state index is -1.16. The molecule has 1 aromatic heterocycles. The fourth-order valence-corrected chi connectivity index (χ4v) is 3.31. The molecule has 7 nitrogen and oxygen atoms in total. The number of furan rings is 1. The van der Waals surface area contributed by atoms with Crippen molar-refractivity contribution in [1.82, 2.24) is 5.43 Å². The number of anilines is 1. The molecule has 1 saturated heterocycles. The van der Waals surface area contributed by atoms with Crippen LogP contribution in [0.25, 0.3) is 17.4 Å². The molecule has 2 aromatic carbocycles. The van der Waals surface area contributed by atoms with Crippen molar-refractivity contribution in [3.05, 3.63) is 81.5 Å². The second-order valence-corrected chi connectivity index (χ2v) is 7.16. The normalized spacial score (nSPS) is 15.0. The van der Waals surface area contributed by atoms with E-state index in [-0.39, 0.29) is 21.9 Å². The molecule has 3 aromatic rings. The van der Waals surface area contributed by atoms with Crippen LogP contribution in [-0.2, 0) is 9.59 Å². The lowest BCUT2D eigenvalue weighted by Crippen LogP contribution is -2.35. The number of carbonyl (C=O) groups is 3. The van der Waals surface area contributed by atoms with E-state index in [1.54, 1.807) is 42.5 Å². The van der Waals surface area contributed by atoms with Crippen molar-refractivity contribution in [2.24, 2.45) is 0 Å². The van der Waals surface area contributed by atoms with Crippen molar-refractivity contribution in [3.8, 4) is 11.3 Å². The summed E-state index contributed by atoms with van der Waals surface area (Å²) in [7, 11) is 0. The smallest absolute Gasteiger partial charge is 0.337 e. The van der Waals surface area contributed by atoms with Crippen LogP contribution in [0, 0.1) is 0 Å². The number of hydrogen-bond donors (Lipinski definition) is 2. The van der Waals surface area contributed by atoms with Gasteiger partial charge < -0.3 is 9.52 Å². The highest BCUT2D eigenvalue weighted by Gasteiger charge is 2.34. The van der Waals surface area contributed by atoms with E-state index in [9.17, 15) is 19.5 Å². The first kappa shape index (κ1) is 19.8. The third kappa shape index (κ3) is 3.68. The molecule has 0 bridgehead atoms. The minimum Gasteiger partial charge on any atom is -0.478 e. The summed E-state index contributed by atoms with van der Waals surface area (Å²) >= 11 is 11.8. The van der Waals surface area contributed by atoms with Gasteiger partial charge in [0.1, 0.15) is 17.1 Å². The third-order valence-electron chi connectivity index (χ3n) is 4.35. The number of nitrogens with one attached hydrogen (secondary N) is 1. The second-order valence-electron chi connectivity index (χ2n) is 6.32. The van der Waals surface area contributed by atoms with Crippen LogP contribution >= 0.6 is 23.2 Å². The Morgan fingerprint density at radius 3 is 2.60 bits per heavy atom. The van der Waals surface area contributed by atoms with Gasteiger partial charge in [-0.2, -0.15) is 0 Å². The molecule has 2 amide bonds. The summed E-state index contributed by atoms with van der Waals surface area (Å²) in [5, 5.41) is 10.8. The van der Waals surface area contributed by atoms with Crippen LogP contribution in [0.15, 0.2) is 64.6 Å². The second kappa shape index (κ2) is 7.70. The summed E-state index contributed by atoms with van der Waals surface area (Å²) < 4.78 is 5.68. The van der Waals surface area contributed by atoms with E-state index >= 15 is 0 Å². The zero-order valence-corrected chi connectivity index (χ0v) is 16.6. The van der Waals surface area contributed by atoms with E-state index in [2.05, 4.69) is 5.43 Å². The SMILES string of the molecule is O=C1NN(c2cccc(Cl)c2)C(=O)/C1=C\c1ccc(-c2ccc(Cl)c(C(=O)O)c2)o1. The first-order valence-electron chi connectivity index (χ1n) is 8.59. The van der Waals surface area contributed by atoms with Crippen LogP contribution in [0.3, 0.4) is 0 Å². The molecule has 0 spiro atoms. The minimum absolute atomic E-state index is 0.0621. The van der Waals surface area contributed by atoms with E-state index in [1.165, 1.54) is 18.2 Å². The Morgan fingerprint density at radius 2 is 1.87 bits per heavy atom. The lowest BCUT2D eigenvalue weighted by atomic mass is 10.1. The van der Waals surface area contributed by atoms with Gasteiger partial charge in [0.25, 0.3) is 11.8 Å². The molecule has 1 fully saturated rings. The predicted octanol–water partition coefficient (Wildman–Crippen LogP) is 4.41. The van der Waals surface area contributed by atoms with Crippen LogP contribution < -0.4 is 10.4 Å². The lowest BCUT2D eigenvalue weighted by Gasteiger charge is -2.14. The van der Waals surface area contributed by atoms with Gasteiger partial charge in [0.2, 0.25) is 0 Å². The van der Waals surface area contributed by atoms with Gasteiger partial charge >= 0.3 is 5.97 Å². The Bertz CT molecular complexity index is 1230. The largest absolute Gasteiger partial charge is 0.478 e. The number of aromatic carboxylic acids is 1. The summed E-state index contributed by atoms with van der Waals surface area (Å²) in [5.74, 6) is -1.69. The molecular weight excluding hydrogens is 431 g/mol. The number of hydrogen-bond acceptors (Lipinski definition) is 4. The van der Waals surface area contributed by atoms with Crippen molar-refractivity contribution < 1.29 is 23.9 Å². The number of halogens is 2. The van der Waals surface area contributed by atoms with Gasteiger partial charge in [-0.25, -0.2) is 9.80 Å². The summed E-state index contributed by atoms with van der Waals surface area (Å²) in [4.78, 5) is 36.2. The number of rotatable bonds is 4. The van der Waals surface area contributed by atoms with Gasteiger partial charge in [0.05, 0.1) is 16.3 Å². The molecule has 9 heteroatoms. The van der Waals surface area contributed by atoms with Crippen LogP contribution in [0.5, 0.6) is 0 Å². The molecule has 4 rings (SSSR count). The zero-order valence-electron chi connectivity index (χ0n) is 15.1. The van der Waals surface area contributed by atoms with Crippen molar-refractivity contribution in [1.29, 1.82) is 0 Å². The highest BCUT2D eigenvalue weighted by molar-refractivity contribution is 6.34. The number of benzene rings is 2. The summed E-state index contributed by atoms with van der Waals surface area (Å²) in [6.07, 6.45) is 1.32. The molecule has 1 aliphatic rings. The Hall–Kier alpha value is -3.55. The van der Waals surface area contributed by atoms with Gasteiger partial charge in [-0.1, -0.05) is 29.3 Å². The summed E-state index contributed by atoms with van der Waals surface area (Å²) in [6, 6.07) is 14.1. The third-order valence-corrected chi connectivity index (χ3v) is 4.92. The molecule has 150 valence electrons. The molecule has 30 heavy (non-hydrogen) atoms. The number of carboxylic acids is 1. The molecule has 2 N–H and O–H groups in total. The topological polar surface area (TPSA) is 99.9 Å². The average Bonchev–Trinajstić information content (AvgIpc) is 3.28. The molecular formula is C21H12Cl2N2O5. The standard InChI is InChI=1S/C21H12Cl2N2O5/c22-12-2-1-3-13(9-12)25-20(27)16(19(26)24-25)10-14-5-7-18(30-14)11-4-6-17(23)15(8-11)21(28)29/h1-10H,(H,24,26)(H,28,29)/b16-10-. The van der Waals surface area contributed by atoms with Crippen LogP contribution in [0.2, 0.25) is 10.0 Å². The first-order chi connectivity index (χ1) is 14.3. The Labute approximate surface area is 180 Å². The van der Waals surface area contributed by atoms with Gasteiger partial charge in [-0.05, 0) is 54.6 Å². The zero-order chi connectivity index (χ0) is 21.4. The van der Waals surface area contributed by atoms with Gasteiger partial charge in [0.15, 0.2) is 0 Å². The molecule has 0 unspecified atom stereocenters. The maximum absolute atomic E-state index is 12.7. The Kier molecular flexibility index (Phi) is 5.07. The van der Waals surface area contributed by atoms with E-state index in [4.69, 9.17) is 27.6 Å². The molecule has 0 atom stereocenters. The highest BCUT2D eigenvalue weighted by atomic mass is 35.5. The molecule has 0 saturated carbocycles. The molecule has 0 radical (unpaired) electrons. The maximum atomic E-state index is 12.7. The molecule has 1 aliphatic heterocycles. The molecule has 2 heterocycles. The van der Waals surface area contributed by atoms with Crippen LogP contribution in [-0.4, -0.2) is 22.9 Å². The number of amides is 2. The first-order valence-corrected chi connectivity index (χ1v) is 9.35. The van der Waals surface area contributed by atoms with E-state index in [1.807, 2.05) is 0 Å². The fourth-order valence-electron chi connectivity index (χ4n) is 2.92. The maximum Gasteiger partial charge on any atom is 0.337 e. The number of nitrogens with zero attached hydrogens (tertiary/aromatic N) is 1. The van der Waals surface area contributed by atoms with Gasteiger partial charge in [-0.3, -0.25) is 15.0 Å². The Morgan fingerprint density at radius 1 is 1.07 bits per heavy atom. The number of carboxylic acid groups (broad SMARTS) is 1. The quantitative estimate of drug-likeness (QED) is 0.460. The van der Waals surface area contributed by atoms with E-state index in [0.29, 0.717) is 22.0 Å². The van der Waals surface area contributed by atoms with Gasteiger partial charge in [-0.15, -0.1) is 0 Å². The predicted molar refractivity (Wildman–Crippen MR) is 111 cm³/mol. The van der Waals surface area contributed by atoms with Gasteiger partial charge in [0, 0.05) is 10.6 Å². The summed E-state index contributed by atoms with van der Waals surface area (Å²) in [5.41, 5.74) is 3.22. The van der Waals surface area contributed by atoms with E-state index < -0.39 is 17.8 Å². The molecule has 0 aliphatic carbocycles. The van der Waals surface area contributed by atoms with Crippen molar-refractivity contribution in [2.75, 3.05) is 5.01 Å². The van der Waals surface area contributed by atoms with E-state index in [0.717, 1.165) is 5.01 Å². The number of hydrazine groups is 1. The monoisotopic (exact) mass is 442 g/mol. The van der Waals surface area contributed by atoms with Crippen molar-refractivity contribution in [2.45, 2.75) is 0 Å². The fraction of sp³-hybridized carbons (Fsp3) is 0. The van der Waals surface area contributed by atoms with Crippen molar-refractivity contribution >= 4 is 52.7 Å². The van der Waals surface area contributed by atoms with Crippen LogP contribution in [0.4, 0.5) is 5.69 Å².